The molecule has 4 nitrogen and oxygen atoms in total. The monoisotopic (exact) mass is 300 g/mol. The van der Waals surface area contributed by atoms with E-state index in [0.29, 0.717) is 12.1 Å². The van der Waals surface area contributed by atoms with Crippen molar-refractivity contribution in [1.82, 2.24) is 10.2 Å². The third-order valence-electron chi connectivity index (χ3n) is 4.64. The molecule has 1 aliphatic heterocycles. The Balaban J connectivity index is 2.28. The van der Waals surface area contributed by atoms with Gasteiger partial charge in [0.2, 0.25) is 0 Å². The van der Waals surface area contributed by atoms with Gasteiger partial charge in [0.25, 0.3) is 0 Å². The Labute approximate surface area is 131 Å². The zero-order chi connectivity index (χ0) is 15.7. The van der Waals surface area contributed by atoms with Crippen molar-refractivity contribution >= 4 is 0 Å². The van der Waals surface area contributed by atoms with Crippen LogP contribution in [-0.2, 0) is 4.74 Å². The summed E-state index contributed by atoms with van der Waals surface area (Å²) in [6.45, 7) is 13.1. The number of likely N-dealkylation sites (tertiary alicyclic amines) is 1. The lowest BCUT2D eigenvalue weighted by Crippen LogP contribution is -2.51. The van der Waals surface area contributed by atoms with Crippen LogP contribution in [0.15, 0.2) is 0 Å². The molecule has 1 atom stereocenters. The number of ether oxygens (including phenoxy) is 1. The van der Waals surface area contributed by atoms with E-state index in [1.165, 1.54) is 0 Å². The highest BCUT2D eigenvalue weighted by molar-refractivity contribution is 4.88. The summed E-state index contributed by atoms with van der Waals surface area (Å²) in [4.78, 5) is 2.54. The Morgan fingerprint density at radius 1 is 1.29 bits per heavy atom. The predicted octanol–water partition coefficient (Wildman–Crippen LogP) is 2.41. The van der Waals surface area contributed by atoms with Gasteiger partial charge in [0.05, 0.1) is 12.7 Å². The highest BCUT2D eigenvalue weighted by Crippen LogP contribution is 2.20. The van der Waals surface area contributed by atoms with Gasteiger partial charge in [-0.15, -0.1) is 0 Å². The van der Waals surface area contributed by atoms with Gasteiger partial charge in [-0.2, -0.15) is 0 Å². The summed E-state index contributed by atoms with van der Waals surface area (Å²) >= 11 is 0. The van der Waals surface area contributed by atoms with Crippen LogP contribution in [-0.4, -0.2) is 60.5 Å². The summed E-state index contributed by atoms with van der Waals surface area (Å²) in [6, 6.07) is 0.416. The molecule has 0 amide bonds. The number of hydrogen-bond acceptors (Lipinski definition) is 4. The van der Waals surface area contributed by atoms with E-state index >= 15 is 0 Å². The molecular weight excluding hydrogens is 264 g/mol. The van der Waals surface area contributed by atoms with Crippen molar-refractivity contribution in [1.29, 1.82) is 0 Å². The lowest BCUT2D eigenvalue weighted by atomic mass is 9.90. The minimum absolute atomic E-state index is 0.0994. The Morgan fingerprint density at radius 2 is 1.95 bits per heavy atom. The van der Waals surface area contributed by atoms with E-state index in [2.05, 4.69) is 37.9 Å². The first-order chi connectivity index (χ1) is 10.0. The van der Waals surface area contributed by atoms with E-state index in [0.717, 1.165) is 58.3 Å². The van der Waals surface area contributed by atoms with E-state index in [4.69, 9.17) is 4.74 Å². The molecular formula is C17H36N2O2. The standard InChI is InChI=1S/C17H36N2O2/c1-5-17(14-20,18-15(3)4)10-7-11-19-12-8-16(9-13-19)21-6-2/h15-16,18,20H,5-14H2,1-4H3. The number of piperidine rings is 1. The molecule has 1 aliphatic rings. The van der Waals surface area contributed by atoms with Crippen LogP contribution in [0.5, 0.6) is 0 Å². The number of rotatable bonds is 10. The van der Waals surface area contributed by atoms with Crippen molar-refractivity contribution in [3.8, 4) is 0 Å². The van der Waals surface area contributed by atoms with Crippen LogP contribution in [0.2, 0.25) is 0 Å². The van der Waals surface area contributed by atoms with Crippen LogP contribution < -0.4 is 5.32 Å². The second-order valence-electron chi connectivity index (χ2n) is 6.69. The topological polar surface area (TPSA) is 44.7 Å². The quantitative estimate of drug-likeness (QED) is 0.650. The smallest absolute Gasteiger partial charge is 0.0613 e. The largest absolute Gasteiger partial charge is 0.394 e. The first-order valence-electron chi connectivity index (χ1n) is 8.77. The van der Waals surface area contributed by atoms with Crippen molar-refractivity contribution in [3.63, 3.8) is 0 Å². The van der Waals surface area contributed by atoms with Crippen molar-refractivity contribution in [3.05, 3.63) is 0 Å². The van der Waals surface area contributed by atoms with Crippen LogP contribution in [0.4, 0.5) is 0 Å². The fourth-order valence-corrected chi connectivity index (χ4v) is 3.38. The van der Waals surface area contributed by atoms with Gasteiger partial charge in [0, 0.05) is 31.3 Å². The Hall–Kier alpha value is -0.160. The van der Waals surface area contributed by atoms with E-state index in [-0.39, 0.29) is 12.1 Å². The molecule has 1 fully saturated rings. The SMILES string of the molecule is CCOC1CCN(CCCC(CC)(CO)NC(C)C)CC1. The molecule has 0 bridgehead atoms. The van der Waals surface area contributed by atoms with Crippen molar-refractivity contribution in [2.75, 3.05) is 32.8 Å². The molecule has 1 unspecified atom stereocenters. The summed E-state index contributed by atoms with van der Waals surface area (Å²) in [7, 11) is 0. The normalized spacial score (nSPS) is 20.9. The minimum atomic E-state index is -0.0994. The predicted molar refractivity (Wildman–Crippen MR) is 88.7 cm³/mol. The van der Waals surface area contributed by atoms with Gasteiger partial charge >= 0.3 is 0 Å². The Morgan fingerprint density at radius 3 is 2.43 bits per heavy atom. The molecule has 0 saturated carbocycles. The fraction of sp³-hybridized carbons (Fsp3) is 1.00. The van der Waals surface area contributed by atoms with Crippen LogP contribution >= 0.6 is 0 Å². The molecule has 0 radical (unpaired) electrons. The molecule has 2 N–H and O–H groups in total. The van der Waals surface area contributed by atoms with E-state index < -0.39 is 0 Å². The fourth-order valence-electron chi connectivity index (χ4n) is 3.38. The maximum absolute atomic E-state index is 9.76. The van der Waals surface area contributed by atoms with Crippen LogP contribution in [0.25, 0.3) is 0 Å². The summed E-state index contributed by atoms with van der Waals surface area (Å²) in [5, 5.41) is 13.3. The number of aliphatic hydroxyl groups is 1. The lowest BCUT2D eigenvalue weighted by molar-refractivity contribution is 0.0131. The van der Waals surface area contributed by atoms with E-state index in [9.17, 15) is 5.11 Å². The van der Waals surface area contributed by atoms with Gasteiger partial charge in [0.15, 0.2) is 0 Å². The highest BCUT2D eigenvalue weighted by Gasteiger charge is 2.28. The molecule has 126 valence electrons. The van der Waals surface area contributed by atoms with Crippen LogP contribution in [0.1, 0.15) is 59.8 Å². The Bertz CT molecular complexity index is 260. The minimum Gasteiger partial charge on any atom is -0.394 e. The molecule has 0 aromatic heterocycles. The van der Waals surface area contributed by atoms with Crippen LogP contribution in [0, 0.1) is 0 Å². The number of nitrogens with zero attached hydrogens (tertiary/aromatic N) is 1. The average molecular weight is 300 g/mol. The lowest BCUT2D eigenvalue weighted by Gasteiger charge is -2.36. The Kier molecular flexibility index (Phi) is 8.79. The van der Waals surface area contributed by atoms with Crippen molar-refractivity contribution < 1.29 is 9.84 Å². The molecule has 1 rings (SSSR count). The molecule has 0 aromatic rings. The first kappa shape index (κ1) is 18.9. The average Bonchev–Trinajstić information content (AvgIpc) is 2.48. The first-order valence-corrected chi connectivity index (χ1v) is 8.77. The molecule has 4 heteroatoms. The van der Waals surface area contributed by atoms with E-state index in [1.807, 2.05) is 0 Å². The van der Waals surface area contributed by atoms with Gasteiger partial charge in [-0.25, -0.2) is 0 Å². The van der Waals surface area contributed by atoms with Crippen molar-refractivity contribution in [2.24, 2.45) is 0 Å². The number of nitrogens with one attached hydrogen (secondary N) is 1. The molecule has 0 aromatic carbocycles. The second kappa shape index (κ2) is 9.78. The van der Waals surface area contributed by atoms with Gasteiger partial charge < -0.3 is 20.1 Å². The highest BCUT2D eigenvalue weighted by atomic mass is 16.5. The third-order valence-corrected chi connectivity index (χ3v) is 4.64. The summed E-state index contributed by atoms with van der Waals surface area (Å²) in [5.74, 6) is 0. The second-order valence-corrected chi connectivity index (χ2v) is 6.69. The molecule has 21 heavy (non-hydrogen) atoms. The van der Waals surface area contributed by atoms with Gasteiger partial charge in [-0.05, 0) is 45.6 Å². The molecule has 1 saturated heterocycles. The summed E-state index contributed by atoms with van der Waals surface area (Å²) in [5.41, 5.74) is -0.0994. The maximum Gasteiger partial charge on any atom is 0.0613 e. The zero-order valence-electron chi connectivity index (χ0n) is 14.5. The summed E-state index contributed by atoms with van der Waals surface area (Å²) < 4.78 is 5.70. The third kappa shape index (κ3) is 6.64. The molecule has 0 aliphatic carbocycles. The van der Waals surface area contributed by atoms with E-state index in [1.54, 1.807) is 0 Å². The summed E-state index contributed by atoms with van der Waals surface area (Å²) in [6.07, 6.45) is 5.97. The number of hydrogen-bond donors (Lipinski definition) is 2. The van der Waals surface area contributed by atoms with Gasteiger partial charge in [-0.3, -0.25) is 0 Å². The number of aliphatic hydroxyl groups excluding tert-OH is 1. The van der Waals surface area contributed by atoms with Crippen LogP contribution in [0.3, 0.4) is 0 Å². The van der Waals surface area contributed by atoms with Crippen molar-refractivity contribution in [2.45, 2.75) is 77.5 Å². The van der Waals surface area contributed by atoms with Gasteiger partial charge in [0.1, 0.15) is 0 Å². The molecule has 1 heterocycles. The van der Waals surface area contributed by atoms with Gasteiger partial charge in [-0.1, -0.05) is 20.8 Å². The maximum atomic E-state index is 9.76. The molecule has 0 spiro atoms. The zero-order valence-corrected chi connectivity index (χ0v) is 14.5.